The van der Waals surface area contributed by atoms with E-state index in [0.717, 1.165) is 12.8 Å². The molecule has 9 heteroatoms. The normalized spacial score (nSPS) is 31.8. The third-order valence-electron chi connectivity index (χ3n) is 4.07. The van der Waals surface area contributed by atoms with E-state index in [4.69, 9.17) is 18.9 Å². The van der Waals surface area contributed by atoms with E-state index in [0.29, 0.717) is 12.8 Å². The van der Waals surface area contributed by atoms with Gasteiger partial charge in [0.05, 0.1) is 0 Å². The summed E-state index contributed by atoms with van der Waals surface area (Å²) >= 11 is -0.157. The molecule has 2 aliphatic rings. The van der Waals surface area contributed by atoms with Crippen molar-refractivity contribution in [1.29, 1.82) is 0 Å². The molecule has 5 unspecified atom stereocenters. The number of carbonyl (C=O) groups excluding carboxylic acids is 4. The second-order valence-electron chi connectivity index (χ2n) is 6.39. The number of carbonyl (C=O) groups is 4. The fourth-order valence-corrected chi connectivity index (χ4v) is 6.24. The van der Waals surface area contributed by atoms with Gasteiger partial charge in [-0.2, -0.15) is 0 Å². The van der Waals surface area contributed by atoms with Crippen molar-refractivity contribution in [3.05, 3.63) is 0 Å². The van der Waals surface area contributed by atoms with E-state index in [1.54, 1.807) is 0 Å². The van der Waals surface area contributed by atoms with Crippen molar-refractivity contribution in [2.24, 2.45) is 0 Å². The van der Waals surface area contributed by atoms with Crippen LogP contribution in [0.4, 0.5) is 0 Å². The van der Waals surface area contributed by atoms with Gasteiger partial charge in [-0.25, -0.2) is 0 Å². The van der Waals surface area contributed by atoms with E-state index in [2.05, 4.69) is 0 Å². The van der Waals surface area contributed by atoms with Gasteiger partial charge in [0, 0.05) is 0 Å². The standard InChI is InChI=1S/C17H24O8Se/c1-9(18)23-14-8-22-17(26-13-6-4-5-12(21)7-13)16(25-11(3)20)15(14)24-10(2)19/h13-17H,4-8H2,1-3H3. The van der Waals surface area contributed by atoms with Gasteiger partial charge in [0.2, 0.25) is 0 Å². The molecule has 0 N–H and O–H groups in total. The monoisotopic (exact) mass is 436 g/mol. The molecular weight excluding hydrogens is 411 g/mol. The zero-order chi connectivity index (χ0) is 19.3. The predicted molar refractivity (Wildman–Crippen MR) is 89.4 cm³/mol. The molecule has 5 atom stereocenters. The first kappa shape index (κ1) is 20.9. The Kier molecular flexibility index (Phi) is 7.61. The van der Waals surface area contributed by atoms with E-state index in [-0.39, 0.29) is 32.2 Å². The van der Waals surface area contributed by atoms with Gasteiger partial charge >= 0.3 is 158 Å². The molecule has 146 valence electrons. The number of Topliss-reactive ketones (excluding diaryl/α,β-unsaturated/α-hetero) is 1. The quantitative estimate of drug-likeness (QED) is 0.354. The summed E-state index contributed by atoms with van der Waals surface area (Å²) in [6.45, 7) is 3.79. The summed E-state index contributed by atoms with van der Waals surface area (Å²) in [5, 5.41) is -0.474. The van der Waals surface area contributed by atoms with Crippen LogP contribution in [-0.4, -0.2) is 68.6 Å². The molecule has 2 rings (SSSR count). The molecule has 8 nitrogen and oxygen atoms in total. The molecule has 2 fully saturated rings. The second kappa shape index (κ2) is 9.48. The first-order valence-corrected chi connectivity index (χ1v) is 10.5. The number of ketones is 1. The van der Waals surface area contributed by atoms with Crippen molar-refractivity contribution in [1.82, 2.24) is 0 Å². The SMILES string of the molecule is CC(=O)OC1COC([Se]C2CCCC(=O)C2)C(OC(C)=O)C1OC(C)=O. The van der Waals surface area contributed by atoms with Crippen LogP contribution in [0.15, 0.2) is 0 Å². The number of rotatable bonds is 5. The molecule has 1 saturated heterocycles. The Balaban J connectivity index is 2.17. The Hall–Kier alpha value is -1.44. The summed E-state index contributed by atoms with van der Waals surface area (Å²) in [6, 6.07) is 0. The molecule has 0 spiro atoms. The van der Waals surface area contributed by atoms with Crippen LogP contribution >= 0.6 is 0 Å². The van der Waals surface area contributed by atoms with Crippen LogP contribution in [0.5, 0.6) is 0 Å². The zero-order valence-electron chi connectivity index (χ0n) is 15.1. The number of hydrogen-bond donors (Lipinski definition) is 0. The first-order chi connectivity index (χ1) is 12.3. The third kappa shape index (κ3) is 6.07. The molecule has 0 radical (unpaired) electrons. The van der Waals surface area contributed by atoms with Gasteiger partial charge < -0.3 is 0 Å². The fourth-order valence-electron chi connectivity index (χ4n) is 3.12. The van der Waals surface area contributed by atoms with E-state index in [9.17, 15) is 19.2 Å². The third-order valence-corrected chi connectivity index (χ3v) is 7.13. The van der Waals surface area contributed by atoms with Crippen LogP contribution in [0.25, 0.3) is 0 Å². The molecule has 1 aliphatic carbocycles. The van der Waals surface area contributed by atoms with E-state index in [1.165, 1.54) is 20.8 Å². The van der Waals surface area contributed by atoms with Gasteiger partial charge in [-0.15, -0.1) is 0 Å². The maximum atomic E-state index is 11.7. The first-order valence-electron chi connectivity index (χ1n) is 8.56. The van der Waals surface area contributed by atoms with Gasteiger partial charge in [0.25, 0.3) is 0 Å². The van der Waals surface area contributed by atoms with Crippen molar-refractivity contribution >= 4 is 38.6 Å². The van der Waals surface area contributed by atoms with E-state index < -0.39 is 41.2 Å². The van der Waals surface area contributed by atoms with Crippen LogP contribution in [-0.2, 0) is 38.1 Å². The molecule has 1 aliphatic heterocycles. The zero-order valence-corrected chi connectivity index (χ0v) is 16.8. The van der Waals surface area contributed by atoms with Crippen LogP contribution in [0.1, 0.15) is 46.5 Å². The summed E-state index contributed by atoms with van der Waals surface area (Å²) in [6.07, 6.45) is 0.227. The Morgan fingerprint density at radius 2 is 1.62 bits per heavy atom. The molecular formula is C17H24O8Se. The summed E-state index contributed by atoms with van der Waals surface area (Å²) in [7, 11) is 0. The minimum atomic E-state index is -0.930. The van der Waals surface area contributed by atoms with Crippen LogP contribution in [0.3, 0.4) is 0 Å². The number of hydrogen-bond acceptors (Lipinski definition) is 8. The average molecular weight is 435 g/mol. The van der Waals surface area contributed by atoms with Crippen molar-refractivity contribution < 1.29 is 38.1 Å². The summed E-state index contributed by atoms with van der Waals surface area (Å²) < 4.78 is 21.7. The van der Waals surface area contributed by atoms with Crippen molar-refractivity contribution in [3.63, 3.8) is 0 Å². The van der Waals surface area contributed by atoms with E-state index >= 15 is 0 Å². The van der Waals surface area contributed by atoms with Crippen LogP contribution < -0.4 is 0 Å². The summed E-state index contributed by atoms with van der Waals surface area (Å²) in [4.78, 5) is 46.4. The van der Waals surface area contributed by atoms with Crippen LogP contribution in [0, 0.1) is 0 Å². The topological polar surface area (TPSA) is 105 Å². The van der Waals surface area contributed by atoms with Crippen molar-refractivity contribution in [3.8, 4) is 0 Å². The molecule has 0 aromatic rings. The van der Waals surface area contributed by atoms with E-state index in [1.807, 2.05) is 0 Å². The van der Waals surface area contributed by atoms with Gasteiger partial charge in [-0.3, -0.25) is 0 Å². The maximum absolute atomic E-state index is 11.7. The molecule has 0 amide bonds. The minimum absolute atomic E-state index is 0.0440. The van der Waals surface area contributed by atoms with Crippen LogP contribution in [0.2, 0.25) is 4.82 Å². The number of ether oxygens (including phenoxy) is 4. The molecule has 0 aromatic heterocycles. The fraction of sp³-hybridized carbons (Fsp3) is 0.765. The summed E-state index contributed by atoms with van der Waals surface area (Å²) in [5.74, 6) is -1.42. The molecule has 0 bridgehead atoms. The predicted octanol–water partition coefficient (Wildman–Crippen LogP) is 0.774. The van der Waals surface area contributed by atoms with Gasteiger partial charge in [0.1, 0.15) is 0 Å². The van der Waals surface area contributed by atoms with Gasteiger partial charge in [-0.05, 0) is 0 Å². The average Bonchev–Trinajstić information content (AvgIpc) is 2.51. The molecule has 0 aromatic carbocycles. The Bertz CT molecular complexity index is 563. The van der Waals surface area contributed by atoms with Crippen molar-refractivity contribution in [2.75, 3.05) is 6.61 Å². The molecule has 1 saturated carbocycles. The Morgan fingerprint density at radius 3 is 2.19 bits per heavy atom. The summed E-state index contributed by atoms with van der Waals surface area (Å²) in [5.41, 5.74) is 0. The van der Waals surface area contributed by atoms with Crippen molar-refractivity contribution in [2.45, 2.75) is 74.6 Å². The molecule has 1 heterocycles. The van der Waals surface area contributed by atoms with Gasteiger partial charge in [-0.1, -0.05) is 0 Å². The Labute approximate surface area is 158 Å². The second-order valence-corrected chi connectivity index (χ2v) is 9.34. The van der Waals surface area contributed by atoms with Gasteiger partial charge in [0.15, 0.2) is 0 Å². The Morgan fingerprint density at radius 1 is 1.00 bits per heavy atom. The number of esters is 3. The molecule has 26 heavy (non-hydrogen) atoms.